The van der Waals surface area contributed by atoms with Gasteiger partial charge in [-0.15, -0.1) is 0 Å². The molecule has 0 aliphatic carbocycles. The van der Waals surface area contributed by atoms with E-state index in [-0.39, 0.29) is 5.91 Å². The second-order valence-corrected chi connectivity index (χ2v) is 13.9. The summed E-state index contributed by atoms with van der Waals surface area (Å²) in [6.45, 7) is 4.33. The highest BCUT2D eigenvalue weighted by atomic mass is 16.5. The molecule has 0 saturated carbocycles. The highest BCUT2D eigenvalue weighted by Crippen LogP contribution is 2.26. The molecule has 276 valence electrons. The third-order valence-electron chi connectivity index (χ3n) is 9.72. The predicted molar refractivity (Wildman–Crippen MR) is 193 cm³/mol. The summed E-state index contributed by atoms with van der Waals surface area (Å²) in [5, 5.41) is 34.8. The Hall–Kier alpha value is -2.04. The Bertz CT molecular complexity index is 966. The van der Waals surface area contributed by atoms with Gasteiger partial charge in [0.05, 0.1) is 12.6 Å². The van der Waals surface area contributed by atoms with Gasteiger partial charge < -0.3 is 36.0 Å². The van der Waals surface area contributed by atoms with Crippen LogP contribution in [0.5, 0.6) is 0 Å². The van der Waals surface area contributed by atoms with Crippen molar-refractivity contribution in [1.82, 2.24) is 10.2 Å². The maximum Gasteiger partial charge on any atom is 0.237 e. The highest BCUT2D eigenvalue weighted by Gasteiger charge is 2.48. The molecule has 0 radical (unpaired) electrons. The van der Waals surface area contributed by atoms with E-state index < -0.39 is 49.1 Å². The minimum atomic E-state index is -1.45. The van der Waals surface area contributed by atoms with E-state index >= 15 is 0 Å². The summed E-state index contributed by atoms with van der Waals surface area (Å²) in [6, 6.07) is 7.43. The number of amides is 2. The fourth-order valence-electron chi connectivity index (χ4n) is 6.65. The predicted octanol–water partition coefficient (Wildman–Crippen LogP) is 6.15. The van der Waals surface area contributed by atoms with Gasteiger partial charge in [0.1, 0.15) is 24.4 Å². The maximum atomic E-state index is 13.8. The molecular formula is C39H69N3O6. The molecule has 0 bridgehead atoms. The molecular weight excluding hydrogens is 606 g/mol. The van der Waals surface area contributed by atoms with Crippen LogP contribution in [0.1, 0.15) is 148 Å². The standard InChI is InChI=1S/C39H69N3O6/c1-3-5-7-9-11-13-15-17-19-24-28-42(34(44)27-23-18-16-14-12-10-8-6-4-2)39-35(37(46)36(45)33(30-43)48-39)41-38(47)32(40)29-31-25-21-20-22-26-31/h20-22,25-26,32-33,35-37,39,43,45-46H,3-19,23-24,27-30,40H2,1-2H3,(H,41,47)/t32-,33+,35+,36+,37+,39+/m0/s1. The first kappa shape index (κ1) is 42.1. The van der Waals surface area contributed by atoms with E-state index in [9.17, 15) is 24.9 Å². The fourth-order valence-corrected chi connectivity index (χ4v) is 6.65. The van der Waals surface area contributed by atoms with Crippen LogP contribution < -0.4 is 11.1 Å². The van der Waals surface area contributed by atoms with Gasteiger partial charge in [0.2, 0.25) is 11.8 Å². The van der Waals surface area contributed by atoms with Crippen molar-refractivity contribution in [1.29, 1.82) is 0 Å². The summed E-state index contributed by atoms with van der Waals surface area (Å²) in [6.07, 6.45) is 17.5. The third kappa shape index (κ3) is 16.1. The van der Waals surface area contributed by atoms with Gasteiger partial charge in [-0.1, -0.05) is 153 Å². The van der Waals surface area contributed by atoms with Crippen LogP contribution in [-0.4, -0.2) is 81.8 Å². The molecule has 6 N–H and O–H groups in total. The van der Waals surface area contributed by atoms with Crippen LogP contribution in [0.25, 0.3) is 0 Å². The number of unbranched alkanes of at least 4 members (excludes halogenated alkanes) is 17. The van der Waals surface area contributed by atoms with Crippen LogP contribution in [0.15, 0.2) is 30.3 Å². The Morgan fingerprint density at radius 1 is 0.771 bits per heavy atom. The van der Waals surface area contributed by atoms with Gasteiger partial charge in [0, 0.05) is 13.0 Å². The number of carbonyl (C=O) groups is 2. The van der Waals surface area contributed by atoms with Crippen molar-refractivity contribution in [2.45, 2.75) is 185 Å². The molecule has 1 heterocycles. The number of nitrogens with zero attached hydrogens (tertiary/aromatic N) is 1. The third-order valence-corrected chi connectivity index (χ3v) is 9.72. The van der Waals surface area contributed by atoms with Gasteiger partial charge in [0.15, 0.2) is 6.23 Å². The van der Waals surface area contributed by atoms with Gasteiger partial charge in [0.25, 0.3) is 0 Å². The lowest BCUT2D eigenvalue weighted by Crippen LogP contribution is -2.69. The second kappa shape index (κ2) is 25.9. The zero-order valence-corrected chi connectivity index (χ0v) is 30.2. The molecule has 0 unspecified atom stereocenters. The van der Waals surface area contributed by atoms with E-state index in [4.69, 9.17) is 10.5 Å². The van der Waals surface area contributed by atoms with Crippen molar-refractivity contribution in [3.05, 3.63) is 35.9 Å². The lowest BCUT2D eigenvalue weighted by Gasteiger charge is -2.47. The van der Waals surface area contributed by atoms with Crippen molar-refractivity contribution in [2.24, 2.45) is 5.73 Å². The molecule has 1 aliphatic heterocycles. The number of ether oxygens (including phenoxy) is 1. The Kier molecular flexibility index (Phi) is 22.7. The van der Waals surface area contributed by atoms with E-state index in [2.05, 4.69) is 19.2 Å². The largest absolute Gasteiger partial charge is 0.394 e. The van der Waals surface area contributed by atoms with Crippen molar-refractivity contribution in [3.63, 3.8) is 0 Å². The fraction of sp³-hybridized carbons (Fsp3) is 0.795. The van der Waals surface area contributed by atoms with Crippen LogP contribution in [0.2, 0.25) is 0 Å². The number of rotatable bonds is 27. The number of carbonyl (C=O) groups excluding carboxylic acids is 2. The smallest absolute Gasteiger partial charge is 0.237 e. The number of hydrogen-bond acceptors (Lipinski definition) is 7. The van der Waals surface area contributed by atoms with Crippen molar-refractivity contribution in [3.8, 4) is 0 Å². The van der Waals surface area contributed by atoms with E-state index in [1.165, 1.54) is 77.0 Å². The molecule has 9 nitrogen and oxygen atoms in total. The van der Waals surface area contributed by atoms with Gasteiger partial charge in [-0.3, -0.25) is 9.59 Å². The first-order valence-electron chi connectivity index (χ1n) is 19.4. The number of hydrogen-bond donors (Lipinski definition) is 5. The summed E-state index contributed by atoms with van der Waals surface area (Å²) in [7, 11) is 0. The normalized spacial score (nSPS) is 21.6. The van der Waals surface area contributed by atoms with Gasteiger partial charge in [-0.2, -0.15) is 0 Å². The monoisotopic (exact) mass is 676 g/mol. The Balaban J connectivity index is 2.07. The zero-order valence-electron chi connectivity index (χ0n) is 30.2. The van der Waals surface area contributed by atoms with E-state index in [0.29, 0.717) is 19.4 Å². The summed E-state index contributed by atoms with van der Waals surface area (Å²) in [4.78, 5) is 28.8. The lowest BCUT2D eigenvalue weighted by atomic mass is 9.94. The summed E-state index contributed by atoms with van der Waals surface area (Å²) in [5.74, 6) is -0.608. The lowest BCUT2D eigenvalue weighted by molar-refractivity contribution is -0.231. The average Bonchev–Trinajstić information content (AvgIpc) is 3.09. The minimum Gasteiger partial charge on any atom is -0.394 e. The van der Waals surface area contributed by atoms with Gasteiger partial charge in [-0.25, -0.2) is 0 Å². The van der Waals surface area contributed by atoms with Crippen LogP contribution in [-0.2, 0) is 20.7 Å². The first-order valence-corrected chi connectivity index (χ1v) is 19.4. The summed E-state index contributed by atoms with van der Waals surface area (Å²) < 4.78 is 6.14. The van der Waals surface area contributed by atoms with E-state index in [1.807, 2.05) is 30.3 Å². The van der Waals surface area contributed by atoms with Crippen LogP contribution in [0.3, 0.4) is 0 Å². The van der Waals surface area contributed by atoms with Crippen molar-refractivity contribution < 1.29 is 29.6 Å². The Labute approximate surface area is 291 Å². The van der Waals surface area contributed by atoms with E-state index in [1.54, 1.807) is 4.90 Å². The number of aliphatic hydroxyl groups is 3. The molecule has 2 rings (SSSR count). The number of nitrogens with two attached hydrogens (primary N) is 1. The Morgan fingerprint density at radius 2 is 1.27 bits per heavy atom. The minimum absolute atomic E-state index is 0.105. The molecule has 6 atom stereocenters. The summed E-state index contributed by atoms with van der Waals surface area (Å²) in [5.41, 5.74) is 7.17. The summed E-state index contributed by atoms with van der Waals surface area (Å²) >= 11 is 0. The quantitative estimate of drug-likeness (QED) is 0.0704. The number of aliphatic hydroxyl groups excluding tert-OH is 3. The van der Waals surface area contributed by atoms with Crippen molar-refractivity contribution in [2.75, 3.05) is 13.2 Å². The first-order chi connectivity index (χ1) is 23.3. The highest BCUT2D eigenvalue weighted by molar-refractivity contribution is 5.82. The van der Waals surface area contributed by atoms with E-state index in [0.717, 1.165) is 50.5 Å². The molecule has 48 heavy (non-hydrogen) atoms. The molecule has 1 fully saturated rings. The Morgan fingerprint density at radius 3 is 1.79 bits per heavy atom. The topological polar surface area (TPSA) is 145 Å². The maximum absolute atomic E-state index is 13.8. The molecule has 1 aromatic rings. The van der Waals surface area contributed by atoms with Crippen LogP contribution >= 0.6 is 0 Å². The van der Waals surface area contributed by atoms with Gasteiger partial charge in [-0.05, 0) is 24.8 Å². The zero-order chi connectivity index (χ0) is 35.0. The second-order valence-electron chi connectivity index (χ2n) is 13.9. The van der Waals surface area contributed by atoms with Gasteiger partial charge >= 0.3 is 0 Å². The molecule has 2 amide bonds. The molecule has 1 saturated heterocycles. The van der Waals surface area contributed by atoms with Crippen LogP contribution in [0.4, 0.5) is 0 Å². The number of benzene rings is 1. The SMILES string of the molecule is CCCCCCCCCCCCN(C(=O)CCCCCCCCCCC)[C@@H]1O[C@H](CO)[C@@H](O)[C@H](O)[C@H]1NC(=O)[C@@H](N)Cc1ccccc1. The number of nitrogens with one attached hydrogen (secondary N) is 1. The molecule has 1 aliphatic rings. The van der Waals surface area contributed by atoms with Crippen LogP contribution in [0, 0.1) is 0 Å². The van der Waals surface area contributed by atoms with Crippen molar-refractivity contribution >= 4 is 11.8 Å². The molecule has 1 aromatic carbocycles. The molecule has 0 aromatic heterocycles. The molecule has 0 spiro atoms. The average molecular weight is 676 g/mol. The molecule has 9 heteroatoms.